The molecule has 0 aromatic heterocycles. The van der Waals surface area contributed by atoms with Crippen LogP contribution in [0.4, 0.5) is 0 Å². The molecule has 3 N–H and O–H groups in total. The van der Waals surface area contributed by atoms with E-state index in [-0.39, 0.29) is 18.5 Å². The second-order valence-corrected chi connectivity index (χ2v) is 7.87. The number of carbonyl (C=O) groups excluding carboxylic acids is 1. The molecule has 0 aliphatic carbocycles. The molecular formula is C25H35N5O2. The highest BCUT2D eigenvalue weighted by molar-refractivity contribution is 5.84. The van der Waals surface area contributed by atoms with Crippen molar-refractivity contribution >= 4 is 11.9 Å². The predicted molar refractivity (Wildman–Crippen MR) is 129 cm³/mol. The summed E-state index contributed by atoms with van der Waals surface area (Å²) in [5.74, 6) is 1.41. The SMILES string of the molecule is CCNC(=NCC(=O)NCc1ccccc1)NCC(c1cccc(OC)c1)N1CCCC1. The van der Waals surface area contributed by atoms with E-state index in [1.807, 2.05) is 49.4 Å². The monoisotopic (exact) mass is 437 g/mol. The second kappa shape index (κ2) is 12.7. The van der Waals surface area contributed by atoms with Crippen LogP contribution in [-0.4, -0.2) is 56.6 Å². The van der Waals surface area contributed by atoms with Gasteiger partial charge < -0.3 is 20.7 Å². The summed E-state index contributed by atoms with van der Waals surface area (Å²) in [7, 11) is 1.70. The lowest BCUT2D eigenvalue weighted by molar-refractivity contribution is -0.119. The van der Waals surface area contributed by atoms with Gasteiger partial charge in [-0.15, -0.1) is 0 Å². The summed E-state index contributed by atoms with van der Waals surface area (Å²) in [6.45, 7) is 6.20. The van der Waals surface area contributed by atoms with Gasteiger partial charge in [0.05, 0.1) is 13.2 Å². The molecule has 1 aliphatic rings. The standard InChI is InChI=1S/C25H35N5O2/c1-3-26-25(29-19-24(31)27-17-20-10-5-4-6-11-20)28-18-23(30-14-7-8-15-30)21-12-9-13-22(16-21)32-2/h4-6,9-13,16,23H,3,7-8,14-15,17-19H2,1-2H3,(H,27,31)(H2,26,28,29). The van der Waals surface area contributed by atoms with Gasteiger partial charge in [-0.1, -0.05) is 42.5 Å². The summed E-state index contributed by atoms with van der Waals surface area (Å²) >= 11 is 0. The average molecular weight is 438 g/mol. The minimum atomic E-state index is -0.102. The number of aliphatic imine (C=N–C) groups is 1. The molecule has 2 aromatic carbocycles. The van der Waals surface area contributed by atoms with Crippen molar-refractivity contribution in [3.8, 4) is 5.75 Å². The van der Waals surface area contributed by atoms with Gasteiger partial charge in [0.25, 0.3) is 0 Å². The summed E-state index contributed by atoms with van der Waals surface area (Å²) in [5, 5.41) is 9.61. The van der Waals surface area contributed by atoms with E-state index >= 15 is 0 Å². The Morgan fingerprint density at radius 3 is 2.56 bits per heavy atom. The number of rotatable bonds is 10. The first kappa shape index (κ1) is 23.6. The molecule has 1 atom stereocenters. The Morgan fingerprint density at radius 2 is 1.84 bits per heavy atom. The molecule has 1 amide bonds. The Morgan fingerprint density at radius 1 is 1.06 bits per heavy atom. The zero-order valence-corrected chi connectivity index (χ0v) is 19.1. The van der Waals surface area contributed by atoms with Gasteiger partial charge in [-0.2, -0.15) is 0 Å². The zero-order chi connectivity index (χ0) is 22.6. The molecule has 0 radical (unpaired) electrons. The largest absolute Gasteiger partial charge is 0.497 e. The average Bonchev–Trinajstić information content (AvgIpc) is 3.36. The van der Waals surface area contributed by atoms with Crippen LogP contribution >= 0.6 is 0 Å². The lowest BCUT2D eigenvalue weighted by atomic mass is 10.1. The highest BCUT2D eigenvalue weighted by Gasteiger charge is 2.24. The molecule has 0 spiro atoms. The molecule has 7 nitrogen and oxygen atoms in total. The summed E-state index contributed by atoms with van der Waals surface area (Å²) in [5.41, 5.74) is 2.29. The summed E-state index contributed by atoms with van der Waals surface area (Å²) < 4.78 is 5.43. The molecule has 1 saturated heterocycles. The molecule has 1 unspecified atom stereocenters. The third-order valence-corrected chi connectivity index (χ3v) is 5.58. The van der Waals surface area contributed by atoms with Crippen LogP contribution < -0.4 is 20.7 Å². The fraction of sp³-hybridized carbons (Fsp3) is 0.440. The molecule has 0 bridgehead atoms. The van der Waals surface area contributed by atoms with Gasteiger partial charge in [0.1, 0.15) is 12.3 Å². The van der Waals surface area contributed by atoms with Gasteiger partial charge in [0, 0.05) is 19.6 Å². The number of nitrogens with zero attached hydrogens (tertiary/aromatic N) is 2. The summed E-state index contributed by atoms with van der Waals surface area (Å²) in [6.07, 6.45) is 2.44. The van der Waals surface area contributed by atoms with Crippen LogP contribution in [0.3, 0.4) is 0 Å². The number of carbonyl (C=O) groups is 1. The van der Waals surface area contributed by atoms with Crippen molar-refractivity contribution in [1.82, 2.24) is 20.9 Å². The van der Waals surface area contributed by atoms with Crippen LogP contribution in [0.2, 0.25) is 0 Å². The first-order valence-corrected chi connectivity index (χ1v) is 11.4. The van der Waals surface area contributed by atoms with E-state index in [2.05, 4.69) is 38.0 Å². The smallest absolute Gasteiger partial charge is 0.242 e. The van der Waals surface area contributed by atoms with Gasteiger partial charge in [-0.3, -0.25) is 9.69 Å². The minimum Gasteiger partial charge on any atom is -0.497 e. The van der Waals surface area contributed by atoms with Gasteiger partial charge in [-0.05, 0) is 56.1 Å². The van der Waals surface area contributed by atoms with Crippen LogP contribution in [0.15, 0.2) is 59.6 Å². The van der Waals surface area contributed by atoms with Crippen LogP contribution in [0.25, 0.3) is 0 Å². The van der Waals surface area contributed by atoms with E-state index in [1.165, 1.54) is 18.4 Å². The lowest BCUT2D eigenvalue weighted by Crippen LogP contribution is -2.43. The van der Waals surface area contributed by atoms with Crippen LogP contribution in [0.5, 0.6) is 5.75 Å². The van der Waals surface area contributed by atoms with Crippen LogP contribution in [-0.2, 0) is 11.3 Å². The predicted octanol–water partition coefficient (Wildman–Crippen LogP) is 2.70. The maximum Gasteiger partial charge on any atom is 0.242 e. The van der Waals surface area contributed by atoms with E-state index in [1.54, 1.807) is 7.11 Å². The molecule has 3 rings (SSSR count). The first-order valence-electron chi connectivity index (χ1n) is 11.4. The van der Waals surface area contributed by atoms with E-state index in [9.17, 15) is 4.79 Å². The maximum absolute atomic E-state index is 12.3. The number of ether oxygens (including phenoxy) is 1. The van der Waals surface area contributed by atoms with Crippen LogP contribution in [0, 0.1) is 0 Å². The number of hydrogen-bond donors (Lipinski definition) is 3. The molecular weight excluding hydrogens is 402 g/mol. The Kier molecular flexibility index (Phi) is 9.37. The normalized spacial score (nSPS) is 15.2. The second-order valence-electron chi connectivity index (χ2n) is 7.87. The topological polar surface area (TPSA) is 78.0 Å². The highest BCUT2D eigenvalue weighted by Crippen LogP contribution is 2.27. The number of amides is 1. The van der Waals surface area contributed by atoms with Gasteiger partial charge in [0.2, 0.25) is 5.91 Å². The number of methoxy groups -OCH3 is 1. The van der Waals surface area contributed by atoms with Gasteiger partial charge in [-0.25, -0.2) is 4.99 Å². The fourth-order valence-corrected chi connectivity index (χ4v) is 3.90. The van der Waals surface area contributed by atoms with Crippen LogP contribution in [0.1, 0.15) is 36.9 Å². The number of likely N-dealkylation sites (tertiary alicyclic amines) is 1. The number of guanidine groups is 1. The van der Waals surface area contributed by atoms with Crippen molar-refractivity contribution in [2.45, 2.75) is 32.4 Å². The van der Waals surface area contributed by atoms with Crippen molar-refractivity contribution in [3.05, 3.63) is 65.7 Å². The zero-order valence-electron chi connectivity index (χ0n) is 19.1. The molecule has 1 heterocycles. The van der Waals surface area contributed by atoms with Crippen molar-refractivity contribution in [2.75, 3.05) is 39.8 Å². The third-order valence-electron chi connectivity index (χ3n) is 5.58. The molecule has 0 saturated carbocycles. The Bertz CT molecular complexity index is 866. The minimum absolute atomic E-state index is 0.0791. The molecule has 1 aliphatic heterocycles. The molecule has 1 fully saturated rings. The summed E-state index contributed by atoms with van der Waals surface area (Å²) in [6, 6.07) is 18.3. The van der Waals surface area contributed by atoms with E-state index in [0.29, 0.717) is 19.0 Å². The molecule has 32 heavy (non-hydrogen) atoms. The summed E-state index contributed by atoms with van der Waals surface area (Å²) in [4.78, 5) is 19.3. The van der Waals surface area contributed by atoms with Gasteiger partial charge >= 0.3 is 0 Å². The molecule has 7 heteroatoms. The van der Waals surface area contributed by atoms with Crippen molar-refractivity contribution < 1.29 is 9.53 Å². The number of nitrogens with one attached hydrogen (secondary N) is 3. The van der Waals surface area contributed by atoms with Crippen molar-refractivity contribution in [1.29, 1.82) is 0 Å². The first-order chi connectivity index (χ1) is 15.7. The third kappa shape index (κ3) is 7.27. The van der Waals surface area contributed by atoms with E-state index in [0.717, 1.165) is 30.9 Å². The quantitative estimate of drug-likeness (QED) is 0.394. The molecule has 2 aromatic rings. The maximum atomic E-state index is 12.3. The molecule has 172 valence electrons. The van der Waals surface area contributed by atoms with Gasteiger partial charge in [0.15, 0.2) is 5.96 Å². The number of hydrogen-bond acceptors (Lipinski definition) is 4. The lowest BCUT2D eigenvalue weighted by Gasteiger charge is -2.29. The Hall–Kier alpha value is -3.06. The Balaban J connectivity index is 1.60. The van der Waals surface area contributed by atoms with E-state index < -0.39 is 0 Å². The highest BCUT2D eigenvalue weighted by atomic mass is 16.5. The van der Waals surface area contributed by atoms with Crippen molar-refractivity contribution in [2.24, 2.45) is 4.99 Å². The van der Waals surface area contributed by atoms with E-state index in [4.69, 9.17) is 4.74 Å². The fourth-order valence-electron chi connectivity index (χ4n) is 3.90. The Labute approximate surface area is 191 Å². The number of benzene rings is 2. The van der Waals surface area contributed by atoms with Crippen molar-refractivity contribution in [3.63, 3.8) is 0 Å².